The summed E-state index contributed by atoms with van der Waals surface area (Å²) in [6.45, 7) is 0. The van der Waals surface area contributed by atoms with Crippen molar-refractivity contribution < 1.29 is 8.78 Å². The molecule has 2 rings (SSSR count). The third-order valence-electron chi connectivity index (χ3n) is 5.28. The van der Waals surface area contributed by atoms with Crippen molar-refractivity contribution >= 4 is 0 Å². The predicted octanol–water partition coefficient (Wildman–Crippen LogP) is 6.63. The lowest BCUT2D eigenvalue weighted by atomic mass is 9.61. The first-order valence-electron chi connectivity index (χ1n) is 8.42. The second-order valence-electron chi connectivity index (χ2n) is 6.60. The number of hydrogen-bond donors (Lipinski definition) is 0. The molecule has 0 saturated heterocycles. The Labute approximate surface area is 122 Å². The summed E-state index contributed by atoms with van der Waals surface area (Å²) in [4.78, 5) is 0. The highest BCUT2D eigenvalue weighted by atomic mass is 19.3. The molecule has 0 nitrogen and oxygen atoms in total. The Bertz CT molecular complexity index is 327. The van der Waals surface area contributed by atoms with Crippen LogP contribution in [-0.2, 0) is 0 Å². The lowest BCUT2D eigenvalue weighted by molar-refractivity contribution is 0.118. The zero-order valence-corrected chi connectivity index (χ0v) is 12.6. The van der Waals surface area contributed by atoms with E-state index in [0.717, 1.165) is 18.4 Å². The average molecular weight is 282 g/mol. The second-order valence-corrected chi connectivity index (χ2v) is 6.60. The van der Waals surface area contributed by atoms with E-state index in [4.69, 9.17) is 0 Å². The molecule has 2 aliphatic rings. The first-order chi connectivity index (χ1) is 9.73. The van der Waals surface area contributed by atoms with Crippen LogP contribution in [-0.4, -0.2) is 0 Å². The van der Waals surface area contributed by atoms with Crippen molar-refractivity contribution in [3.05, 3.63) is 24.3 Å². The molecule has 0 heterocycles. The van der Waals surface area contributed by atoms with Crippen LogP contribution in [0.2, 0.25) is 0 Å². The van der Waals surface area contributed by atoms with Crippen LogP contribution >= 0.6 is 0 Å². The summed E-state index contributed by atoms with van der Waals surface area (Å²) in [6.07, 6.45) is 19.0. The highest BCUT2D eigenvalue weighted by Crippen LogP contribution is 2.49. The minimum Gasteiger partial charge on any atom is -0.174 e. The average Bonchev–Trinajstić information content (AvgIpc) is 2.48. The van der Waals surface area contributed by atoms with E-state index in [9.17, 15) is 8.78 Å². The summed E-state index contributed by atoms with van der Waals surface area (Å²) in [5.74, 6) is 0.848. The molecule has 20 heavy (non-hydrogen) atoms. The summed E-state index contributed by atoms with van der Waals surface area (Å²) >= 11 is 0. The van der Waals surface area contributed by atoms with E-state index in [1.807, 2.05) is 0 Å². The van der Waals surface area contributed by atoms with Gasteiger partial charge in [0.25, 0.3) is 6.08 Å². The van der Waals surface area contributed by atoms with E-state index < -0.39 is 6.08 Å². The van der Waals surface area contributed by atoms with Crippen LogP contribution in [0.3, 0.4) is 0 Å². The molecule has 0 aromatic rings. The lowest BCUT2D eigenvalue weighted by Gasteiger charge is -2.43. The lowest BCUT2D eigenvalue weighted by Crippen LogP contribution is -2.32. The normalized spacial score (nSPS) is 23.9. The molecule has 2 saturated carbocycles. The Kier molecular flexibility index (Phi) is 6.25. The van der Waals surface area contributed by atoms with Crippen LogP contribution in [0, 0.1) is 11.3 Å². The highest BCUT2D eigenvalue weighted by Gasteiger charge is 2.37. The van der Waals surface area contributed by atoms with Gasteiger partial charge in [-0.25, -0.2) is 0 Å². The van der Waals surface area contributed by atoms with E-state index in [1.54, 1.807) is 0 Å². The van der Waals surface area contributed by atoms with Crippen LogP contribution in [0.4, 0.5) is 8.78 Å². The topological polar surface area (TPSA) is 0 Å². The molecule has 0 unspecified atom stereocenters. The number of hydrogen-bond acceptors (Lipinski definition) is 0. The summed E-state index contributed by atoms with van der Waals surface area (Å²) in [7, 11) is 0. The minimum atomic E-state index is -1.54. The van der Waals surface area contributed by atoms with E-state index in [1.165, 1.54) is 64.2 Å². The zero-order chi connectivity index (χ0) is 14.3. The molecule has 0 N–H and O–H groups in total. The van der Waals surface area contributed by atoms with Crippen LogP contribution in [0.5, 0.6) is 0 Å². The predicted molar refractivity (Wildman–Crippen MR) is 80.8 cm³/mol. The van der Waals surface area contributed by atoms with Crippen LogP contribution < -0.4 is 0 Å². The Morgan fingerprint density at radius 3 is 2.20 bits per heavy atom. The van der Waals surface area contributed by atoms with Crippen molar-refractivity contribution in [2.45, 2.75) is 77.0 Å². The fraction of sp³-hybridized carbons (Fsp3) is 0.778. The smallest absolute Gasteiger partial charge is 0.174 e. The molecule has 0 aromatic heterocycles. The van der Waals surface area contributed by atoms with Crippen molar-refractivity contribution in [2.24, 2.45) is 11.3 Å². The number of allylic oxidation sites excluding steroid dienone is 3. The second kappa shape index (κ2) is 7.95. The Hall–Kier alpha value is -0.660. The maximum absolute atomic E-state index is 12.0. The van der Waals surface area contributed by atoms with E-state index >= 15 is 0 Å². The van der Waals surface area contributed by atoms with Crippen molar-refractivity contribution in [1.82, 2.24) is 0 Å². The molecule has 0 bridgehead atoms. The monoisotopic (exact) mass is 282 g/mol. The van der Waals surface area contributed by atoms with Gasteiger partial charge in [0.2, 0.25) is 0 Å². The summed E-state index contributed by atoms with van der Waals surface area (Å²) < 4.78 is 24.0. The third-order valence-corrected chi connectivity index (χ3v) is 5.28. The molecule has 0 aliphatic heterocycles. The molecular formula is C18H28F2. The third kappa shape index (κ3) is 4.43. The zero-order valence-electron chi connectivity index (χ0n) is 12.6. The highest BCUT2D eigenvalue weighted by molar-refractivity contribution is 5.05. The summed E-state index contributed by atoms with van der Waals surface area (Å²) in [5.41, 5.74) is 0.399. The molecule has 0 aromatic carbocycles. The van der Waals surface area contributed by atoms with E-state index in [2.05, 4.69) is 12.2 Å². The van der Waals surface area contributed by atoms with Gasteiger partial charge in [0, 0.05) is 0 Å². The van der Waals surface area contributed by atoms with Crippen LogP contribution in [0.15, 0.2) is 24.3 Å². The van der Waals surface area contributed by atoms with Crippen molar-refractivity contribution in [1.29, 1.82) is 0 Å². The first-order valence-corrected chi connectivity index (χ1v) is 8.42. The van der Waals surface area contributed by atoms with E-state index in [0.29, 0.717) is 11.8 Å². The molecule has 2 aliphatic carbocycles. The van der Waals surface area contributed by atoms with Gasteiger partial charge in [-0.1, -0.05) is 50.7 Å². The first kappa shape index (κ1) is 15.7. The number of unbranched alkanes of at least 4 members (excludes halogenated alkanes) is 1. The maximum atomic E-state index is 12.0. The van der Waals surface area contributed by atoms with Gasteiger partial charge < -0.3 is 0 Å². The van der Waals surface area contributed by atoms with Gasteiger partial charge in [-0.2, -0.15) is 8.78 Å². The summed E-state index contributed by atoms with van der Waals surface area (Å²) in [5, 5.41) is 0. The molecule has 114 valence electrons. The van der Waals surface area contributed by atoms with Gasteiger partial charge in [0.1, 0.15) is 0 Å². The molecule has 0 amide bonds. The molecule has 0 atom stereocenters. The molecule has 2 heteroatoms. The van der Waals surface area contributed by atoms with Crippen molar-refractivity contribution in [2.75, 3.05) is 0 Å². The standard InChI is InChI=1S/C18H28F2/c19-17(20)12-6-2-7-13-18(14-8-3-9-15-18)16-10-4-1-5-11-16/h7,12-13,16H,1-6,8-11,14-15H2. The van der Waals surface area contributed by atoms with Gasteiger partial charge in [-0.05, 0) is 55.9 Å². The number of halogens is 2. The molecular weight excluding hydrogens is 254 g/mol. The minimum absolute atomic E-state index is 0.399. The number of rotatable bonds is 5. The van der Waals surface area contributed by atoms with Gasteiger partial charge in [-0.15, -0.1) is 0 Å². The molecule has 0 radical (unpaired) electrons. The van der Waals surface area contributed by atoms with Crippen LogP contribution in [0.1, 0.15) is 77.0 Å². The Morgan fingerprint density at radius 1 is 0.900 bits per heavy atom. The molecule has 2 fully saturated rings. The summed E-state index contributed by atoms with van der Waals surface area (Å²) in [6, 6.07) is 0. The van der Waals surface area contributed by atoms with Crippen LogP contribution in [0.25, 0.3) is 0 Å². The largest absolute Gasteiger partial charge is 0.266 e. The molecule has 0 spiro atoms. The van der Waals surface area contributed by atoms with Gasteiger partial charge >= 0.3 is 0 Å². The Balaban J connectivity index is 1.95. The SMILES string of the molecule is FC(F)=CCCC=CC1(C2CCCCC2)CCCCC1. The maximum Gasteiger partial charge on any atom is 0.266 e. The fourth-order valence-electron chi connectivity index (χ4n) is 4.21. The van der Waals surface area contributed by atoms with E-state index in [-0.39, 0.29) is 0 Å². The van der Waals surface area contributed by atoms with Crippen molar-refractivity contribution in [3.63, 3.8) is 0 Å². The van der Waals surface area contributed by atoms with Crippen molar-refractivity contribution in [3.8, 4) is 0 Å². The fourth-order valence-corrected chi connectivity index (χ4v) is 4.21. The quantitative estimate of drug-likeness (QED) is 0.392. The van der Waals surface area contributed by atoms with Gasteiger partial charge in [0.15, 0.2) is 0 Å². The Morgan fingerprint density at radius 2 is 1.55 bits per heavy atom. The van der Waals surface area contributed by atoms with Gasteiger partial charge in [-0.3, -0.25) is 0 Å². The van der Waals surface area contributed by atoms with Gasteiger partial charge in [0.05, 0.1) is 0 Å².